The molecule has 3 heteroatoms. The molecule has 0 saturated heterocycles. The first-order valence-electron chi connectivity index (χ1n) is 7.14. The Bertz CT molecular complexity index is 335. The molecule has 0 aromatic carbocycles. The summed E-state index contributed by atoms with van der Waals surface area (Å²) in [5, 5.41) is 0. The van der Waals surface area contributed by atoms with Gasteiger partial charge in [0.2, 0.25) is 0 Å². The Morgan fingerprint density at radius 2 is 2.11 bits per heavy atom. The van der Waals surface area contributed by atoms with Crippen molar-refractivity contribution >= 4 is 5.97 Å². The van der Waals surface area contributed by atoms with Crippen molar-refractivity contribution in [3.05, 3.63) is 0 Å². The Morgan fingerprint density at radius 3 is 2.61 bits per heavy atom. The molecule has 4 atom stereocenters. The zero-order chi connectivity index (χ0) is 13.6. The van der Waals surface area contributed by atoms with Gasteiger partial charge in [-0.25, -0.2) is 0 Å². The molecule has 2 rings (SSSR count). The van der Waals surface area contributed by atoms with Crippen LogP contribution in [0.1, 0.15) is 52.9 Å². The predicted molar refractivity (Wildman–Crippen MR) is 71.9 cm³/mol. The third-order valence-corrected chi connectivity index (χ3v) is 5.84. The maximum absolute atomic E-state index is 11.4. The monoisotopic (exact) mass is 253 g/mol. The lowest BCUT2D eigenvalue weighted by Crippen LogP contribution is -2.38. The molecular formula is C15H27NO2. The normalized spacial score (nSPS) is 38.7. The summed E-state index contributed by atoms with van der Waals surface area (Å²) in [6.07, 6.45) is 5.89. The third kappa shape index (κ3) is 2.07. The standard InChI is InChI=1S/C15H27NO2/c1-14(2)10-7-8-15(3,9-10)12(14)6-5-11(16)13(17)18-4/h10-12H,5-9,16H2,1-4H3. The van der Waals surface area contributed by atoms with Crippen LogP contribution in [0.3, 0.4) is 0 Å². The van der Waals surface area contributed by atoms with Crippen LogP contribution in [0.2, 0.25) is 0 Å². The molecule has 2 saturated carbocycles. The Labute approximate surface area is 110 Å². The highest BCUT2D eigenvalue weighted by Crippen LogP contribution is 2.67. The molecular weight excluding hydrogens is 226 g/mol. The summed E-state index contributed by atoms with van der Waals surface area (Å²) in [6.45, 7) is 7.23. The van der Waals surface area contributed by atoms with Gasteiger partial charge in [-0.15, -0.1) is 0 Å². The summed E-state index contributed by atoms with van der Waals surface area (Å²) in [5.74, 6) is 1.28. The van der Waals surface area contributed by atoms with E-state index in [2.05, 4.69) is 20.8 Å². The molecule has 2 fully saturated rings. The Morgan fingerprint density at radius 1 is 1.44 bits per heavy atom. The minimum atomic E-state index is -0.450. The molecule has 3 nitrogen and oxygen atoms in total. The van der Waals surface area contributed by atoms with Gasteiger partial charge < -0.3 is 10.5 Å². The molecule has 0 aromatic rings. The number of carbonyl (C=O) groups excluding carboxylic acids is 1. The molecule has 2 N–H and O–H groups in total. The highest BCUT2D eigenvalue weighted by atomic mass is 16.5. The Kier molecular flexibility index (Phi) is 3.48. The number of esters is 1. The van der Waals surface area contributed by atoms with E-state index < -0.39 is 6.04 Å². The van der Waals surface area contributed by atoms with Gasteiger partial charge in [0.1, 0.15) is 6.04 Å². The average molecular weight is 253 g/mol. The van der Waals surface area contributed by atoms with Crippen LogP contribution >= 0.6 is 0 Å². The molecule has 0 spiro atoms. The minimum Gasteiger partial charge on any atom is -0.468 e. The fourth-order valence-electron chi connectivity index (χ4n) is 4.74. The quantitative estimate of drug-likeness (QED) is 0.784. The molecule has 0 radical (unpaired) electrons. The summed E-state index contributed by atoms with van der Waals surface area (Å²) in [6, 6.07) is -0.450. The van der Waals surface area contributed by atoms with E-state index in [0.717, 1.165) is 18.8 Å². The molecule has 104 valence electrons. The van der Waals surface area contributed by atoms with Crippen LogP contribution in [-0.4, -0.2) is 19.1 Å². The fraction of sp³-hybridized carbons (Fsp3) is 0.933. The van der Waals surface area contributed by atoms with Crippen LogP contribution in [0, 0.1) is 22.7 Å². The van der Waals surface area contributed by atoms with Gasteiger partial charge in [-0.2, -0.15) is 0 Å². The molecule has 2 bridgehead atoms. The summed E-state index contributed by atoms with van der Waals surface area (Å²) in [7, 11) is 1.41. The van der Waals surface area contributed by atoms with E-state index in [9.17, 15) is 4.79 Å². The Balaban J connectivity index is 1.99. The van der Waals surface area contributed by atoms with Gasteiger partial charge in [-0.1, -0.05) is 20.8 Å². The summed E-state index contributed by atoms with van der Waals surface area (Å²) < 4.78 is 4.70. The van der Waals surface area contributed by atoms with E-state index in [1.165, 1.54) is 26.4 Å². The zero-order valence-corrected chi connectivity index (χ0v) is 12.2. The second-order valence-corrected chi connectivity index (χ2v) is 7.17. The van der Waals surface area contributed by atoms with Gasteiger partial charge in [-0.3, -0.25) is 4.79 Å². The topological polar surface area (TPSA) is 52.3 Å². The van der Waals surface area contributed by atoms with Crippen LogP contribution in [0.4, 0.5) is 0 Å². The number of carbonyl (C=O) groups is 1. The van der Waals surface area contributed by atoms with Gasteiger partial charge in [0.25, 0.3) is 0 Å². The van der Waals surface area contributed by atoms with Crippen molar-refractivity contribution in [3.63, 3.8) is 0 Å². The van der Waals surface area contributed by atoms with E-state index in [-0.39, 0.29) is 5.97 Å². The SMILES string of the molecule is COC(=O)C(N)CCC1C2(C)CCC(C2)C1(C)C. The van der Waals surface area contributed by atoms with Crippen molar-refractivity contribution in [3.8, 4) is 0 Å². The number of fused-ring (bicyclic) bond motifs is 2. The number of rotatable bonds is 4. The number of nitrogens with two attached hydrogens (primary N) is 1. The number of ether oxygens (including phenoxy) is 1. The number of hydrogen-bond donors (Lipinski definition) is 1. The average Bonchev–Trinajstić information content (AvgIpc) is 2.78. The largest absolute Gasteiger partial charge is 0.468 e. The van der Waals surface area contributed by atoms with E-state index in [0.29, 0.717) is 16.7 Å². The lowest BCUT2D eigenvalue weighted by atomic mass is 9.62. The molecule has 0 aromatic heterocycles. The van der Waals surface area contributed by atoms with Gasteiger partial charge in [0, 0.05) is 0 Å². The summed E-state index contributed by atoms with van der Waals surface area (Å²) in [5.41, 5.74) is 6.74. The summed E-state index contributed by atoms with van der Waals surface area (Å²) >= 11 is 0. The third-order valence-electron chi connectivity index (χ3n) is 5.84. The van der Waals surface area contributed by atoms with Crippen molar-refractivity contribution in [2.45, 2.75) is 58.9 Å². The van der Waals surface area contributed by atoms with Crippen LogP contribution < -0.4 is 5.73 Å². The van der Waals surface area contributed by atoms with Gasteiger partial charge >= 0.3 is 5.97 Å². The van der Waals surface area contributed by atoms with Crippen molar-refractivity contribution in [2.24, 2.45) is 28.4 Å². The highest BCUT2D eigenvalue weighted by molar-refractivity contribution is 5.75. The van der Waals surface area contributed by atoms with Crippen LogP contribution in [0.15, 0.2) is 0 Å². The highest BCUT2D eigenvalue weighted by Gasteiger charge is 2.58. The first-order valence-corrected chi connectivity index (χ1v) is 7.14. The molecule has 18 heavy (non-hydrogen) atoms. The molecule has 4 unspecified atom stereocenters. The first-order chi connectivity index (χ1) is 8.31. The summed E-state index contributed by atoms with van der Waals surface area (Å²) in [4.78, 5) is 11.4. The maximum atomic E-state index is 11.4. The zero-order valence-electron chi connectivity index (χ0n) is 12.2. The van der Waals surface area contributed by atoms with E-state index in [1.807, 2.05) is 0 Å². The second-order valence-electron chi connectivity index (χ2n) is 7.17. The van der Waals surface area contributed by atoms with E-state index >= 15 is 0 Å². The van der Waals surface area contributed by atoms with E-state index in [1.54, 1.807) is 0 Å². The molecule has 0 amide bonds. The number of methoxy groups -OCH3 is 1. The van der Waals surface area contributed by atoms with Crippen LogP contribution in [-0.2, 0) is 9.53 Å². The lowest BCUT2D eigenvalue weighted by Gasteiger charge is -2.43. The Hall–Kier alpha value is -0.570. The van der Waals surface area contributed by atoms with Crippen molar-refractivity contribution in [1.29, 1.82) is 0 Å². The van der Waals surface area contributed by atoms with Crippen LogP contribution in [0.5, 0.6) is 0 Å². The van der Waals surface area contributed by atoms with E-state index in [4.69, 9.17) is 10.5 Å². The molecule has 0 aliphatic heterocycles. The second kappa shape index (κ2) is 4.52. The maximum Gasteiger partial charge on any atom is 0.322 e. The van der Waals surface area contributed by atoms with Crippen molar-refractivity contribution in [1.82, 2.24) is 0 Å². The lowest BCUT2D eigenvalue weighted by molar-refractivity contribution is -0.142. The van der Waals surface area contributed by atoms with Gasteiger partial charge in [0.15, 0.2) is 0 Å². The van der Waals surface area contributed by atoms with Crippen LogP contribution in [0.25, 0.3) is 0 Å². The predicted octanol–water partition coefficient (Wildman–Crippen LogP) is 2.73. The van der Waals surface area contributed by atoms with Crippen molar-refractivity contribution < 1.29 is 9.53 Å². The molecule has 2 aliphatic rings. The first kappa shape index (κ1) is 13.9. The fourth-order valence-corrected chi connectivity index (χ4v) is 4.74. The minimum absolute atomic E-state index is 0.277. The smallest absolute Gasteiger partial charge is 0.322 e. The van der Waals surface area contributed by atoms with Crippen molar-refractivity contribution in [2.75, 3.05) is 7.11 Å². The van der Waals surface area contributed by atoms with Gasteiger partial charge in [0.05, 0.1) is 7.11 Å². The molecule has 0 heterocycles. The number of hydrogen-bond acceptors (Lipinski definition) is 3. The molecule has 2 aliphatic carbocycles. The van der Waals surface area contributed by atoms with Gasteiger partial charge in [-0.05, 0) is 54.8 Å².